The van der Waals surface area contributed by atoms with Crippen LogP contribution >= 0.6 is 0 Å². The summed E-state index contributed by atoms with van der Waals surface area (Å²) in [7, 11) is 0. The van der Waals surface area contributed by atoms with Gasteiger partial charge in [0.05, 0.1) is 18.8 Å². The van der Waals surface area contributed by atoms with E-state index in [1.807, 2.05) is 0 Å². The van der Waals surface area contributed by atoms with Crippen LogP contribution in [0.15, 0.2) is 48.5 Å². The third-order valence-electron chi connectivity index (χ3n) is 4.94. The summed E-state index contributed by atoms with van der Waals surface area (Å²) in [6, 6.07) is 17.8. The minimum atomic E-state index is 0.240. The molecule has 118 valence electrons. The zero-order valence-corrected chi connectivity index (χ0v) is 13.3. The Morgan fingerprint density at radius 2 is 1.96 bits per heavy atom. The third kappa shape index (κ3) is 2.67. The zero-order chi connectivity index (χ0) is 15.6. The molecule has 3 heteroatoms. The van der Waals surface area contributed by atoms with E-state index in [4.69, 9.17) is 5.11 Å². The molecule has 1 unspecified atom stereocenters. The molecule has 0 saturated carbocycles. The zero-order valence-electron chi connectivity index (χ0n) is 13.3. The molecule has 2 aromatic carbocycles. The van der Waals surface area contributed by atoms with Gasteiger partial charge in [-0.2, -0.15) is 0 Å². The van der Waals surface area contributed by atoms with Gasteiger partial charge in [0.1, 0.15) is 6.04 Å². The normalized spacial score (nSPS) is 17.3. The lowest BCUT2D eigenvalue weighted by molar-refractivity contribution is -0.698. The first kappa shape index (κ1) is 14.5. The fourth-order valence-electron chi connectivity index (χ4n) is 3.82. The average Bonchev–Trinajstić information content (AvgIpc) is 2.99. The number of nitrogens with two attached hydrogens (primary N) is 1. The largest absolute Gasteiger partial charge is 0.391 e. The topological polar surface area (TPSA) is 52.6 Å². The standard InChI is InChI=1S/C20H22N2O/c23-12-11-21-19-8-4-7-16-17-13-15(14-5-2-1-3-6-14)9-10-18(17)22-20(16)19/h1-3,5-6,9-10,13,19,21-23H,4,7-8,11-12H2/p+1. The Morgan fingerprint density at radius 3 is 2.78 bits per heavy atom. The third-order valence-corrected chi connectivity index (χ3v) is 4.94. The second-order valence-electron chi connectivity index (χ2n) is 6.39. The highest BCUT2D eigenvalue weighted by Gasteiger charge is 2.26. The number of quaternary nitrogens is 1. The van der Waals surface area contributed by atoms with Crippen molar-refractivity contribution in [3.8, 4) is 11.1 Å². The molecule has 0 amide bonds. The van der Waals surface area contributed by atoms with E-state index >= 15 is 0 Å². The molecule has 0 spiro atoms. The number of benzene rings is 2. The van der Waals surface area contributed by atoms with Crippen molar-refractivity contribution in [3.63, 3.8) is 0 Å². The van der Waals surface area contributed by atoms with Crippen LogP contribution in [0.1, 0.15) is 30.1 Å². The predicted octanol–water partition coefficient (Wildman–Crippen LogP) is 2.77. The van der Waals surface area contributed by atoms with Gasteiger partial charge in [-0.15, -0.1) is 0 Å². The summed E-state index contributed by atoms with van der Waals surface area (Å²) in [6.07, 6.45) is 3.56. The number of aliphatic hydroxyl groups excluding tert-OH is 1. The second-order valence-corrected chi connectivity index (χ2v) is 6.39. The molecular weight excluding hydrogens is 284 g/mol. The fraction of sp³-hybridized carbons (Fsp3) is 0.300. The van der Waals surface area contributed by atoms with Crippen molar-refractivity contribution in [1.29, 1.82) is 0 Å². The molecule has 1 aliphatic carbocycles. The van der Waals surface area contributed by atoms with Crippen molar-refractivity contribution in [3.05, 3.63) is 59.8 Å². The number of hydrogen-bond acceptors (Lipinski definition) is 1. The maximum Gasteiger partial charge on any atom is 0.127 e. The van der Waals surface area contributed by atoms with Gasteiger partial charge >= 0.3 is 0 Å². The number of aromatic amines is 1. The minimum Gasteiger partial charge on any atom is -0.391 e. The smallest absolute Gasteiger partial charge is 0.127 e. The molecule has 1 heterocycles. The Bertz CT molecular complexity index is 807. The van der Waals surface area contributed by atoms with E-state index in [2.05, 4.69) is 58.8 Å². The van der Waals surface area contributed by atoms with Gasteiger partial charge in [-0.3, -0.25) is 0 Å². The molecular formula is C20H23N2O+. The quantitative estimate of drug-likeness (QED) is 0.682. The number of fused-ring (bicyclic) bond motifs is 3. The molecule has 1 aromatic heterocycles. The maximum absolute atomic E-state index is 9.11. The predicted molar refractivity (Wildman–Crippen MR) is 93.3 cm³/mol. The highest BCUT2D eigenvalue weighted by Crippen LogP contribution is 2.35. The Hall–Kier alpha value is -2.10. The highest BCUT2D eigenvalue weighted by molar-refractivity contribution is 5.89. The number of hydrogen-bond donors (Lipinski definition) is 3. The molecule has 0 radical (unpaired) electrons. The summed E-state index contributed by atoms with van der Waals surface area (Å²) < 4.78 is 0. The monoisotopic (exact) mass is 307 g/mol. The molecule has 0 fully saturated rings. The van der Waals surface area contributed by atoms with Gasteiger partial charge in [-0.1, -0.05) is 36.4 Å². The van der Waals surface area contributed by atoms with Crippen LogP contribution in [0.3, 0.4) is 0 Å². The molecule has 23 heavy (non-hydrogen) atoms. The first-order chi connectivity index (χ1) is 11.4. The van der Waals surface area contributed by atoms with Crippen LogP contribution in [0.5, 0.6) is 0 Å². The Morgan fingerprint density at radius 1 is 1.09 bits per heavy atom. The van der Waals surface area contributed by atoms with E-state index in [0.717, 1.165) is 13.0 Å². The van der Waals surface area contributed by atoms with Crippen molar-refractivity contribution in [2.45, 2.75) is 25.3 Å². The summed E-state index contributed by atoms with van der Waals surface area (Å²) >= 11 is 0. The SMILES string of the molecule is OCC[NH2+]C1CCCc2c1[nH]c1ccc(-c3ccccc3)cc21. The van der Waals surface area contributed by atoms with Crippen LogP contribution < -0.4 is 5.32 Å². The molecule has 3 aromatic rings. The molecule has 1 atom stereocenters. The van der Waals surface area contributed by atoms with Crippen LogP contribution in [0.25, 0.3) is 22.0 Å². The van der Waals surface area contributed by atoms with Crippen LogP contribution in [0.4, 0.5) is 0 Å². The van der Waals surface area contributed by atoms with E-state index in [0.29, 0.717) is 6.04 Å². The highest BCUT2D eigenvalue weighted by atomic mass is 16.3. The van der Waals surface area contributed by atoms with E-state index in [1.54, 1.807) is 0 Å². The number of aryl methyl sites for hydroxylation is 1. The lowest BCUT2D eigenvalue weighted by Crippen LogP contribution is -2.86. The Balaban J connectivity index is 1.77. The number of rotatable bonds is 4. The van der Waals surface area contributed by atoms with E-state index in [-0.39, 0.29) is 6.61 Å². The number of H-pyrrole nitrogens is 1. The van der Waals surface area contributed by atoms with Crippen molar-refractivity contribution in [1.82, 2.24) is 4.98 Å². The van der Waals surface area contributed by atoms with Gasteiger partial charge in [0, 0.05) is 17.3 Å². The first-order valence-corrected chi connectivity index (χ1v) is 8.51. The molecule has 4 rings (SSSR count). The molecule has 0 saturated heterocycles. The van der Waals surface area contributed by atoms with Gasteiger partial charge in [0.15, 0.2) is 0 Å². The maximum atomic E-state index is 9.11. The number of nitrogens with one attached hydrogen (secondary N) is 1. The van der Waals surface area contributed by atoms with Crippen LogP contribution in [-0.4, -0.2) is 23.2 Å². The van der Waals surface area contributed by atoms with Gasteiger partial charge in [0.2, 0.25) is 0 Å². The van der Waals surface area contributed by atoms with Crippen molar-refractivity contribution in [2.24, 2.45) is 0 Å². The van der Waals surface area contributed by atoms with Gasteiger partial charge in [0.25, 0.3) is 0 Å². The summed E-state index contributed by atoms with van der Waals surface area (Å²) in [6.45, 7) is 1.01. The van der Waals surface area contributed by atoms with Gasteiger partial charge in [-0.05, 0) is 41.7 Å². The van der Waals surface area contributed by atoms with Crippen LogP contribution in [0, 0.1) is 0 Å². The van der Waals surface area contributed by atoms with E-state index < -0.39 is 0 Å². The van der Waals surface area contributed by atoms with Crippen molar-refractivity contribution in [2.75, 3.05) is 13.2 Å². The summed E-state index contributed by atoms with van der Waals surface area (Å²) in [5.41, 5.74) is 6.62. The second kappa shape index (κ2) is 6.19. The number of aromatic nitrogens is 1. The molecule has 0 bridgehead atoms. The summed E-state index contributed by atoms with van der Waals surface area (Å²) in [5, 5.41) is 12.7. The minimum absolute atomic E-state index is 0.240. The number of aliphatic hydroxyl groups is 1. The fourth-order valence-corrected chi connectivity index (χ4v) is 3.82. The molecule has 3 nitrogen and oxygen atoms in total. The van der Waals surface area contributed by atoms with Crippen molar-refractivity contribution >= 4 is 10.9 Å². The lowest BCUT2D eigenvalue weighted by atomic mass is 9.91. The lowest BCUT2D eigenvalue weighted by Gasteiger charge is -2.20. The van der Waals surface area contributed by atoms with Gasteiger partial charge in [-0.25, -0.2) is 0 Å². The van der Waals surface area contributed by atoms with Crippen LogP contribution in [0.2, 0.25) is 0 Å². The molecule has 1 aliphatic rings. The summed E-state index contributed by atoms with van der Waals surface area (Å²) in [5.74, 6) is 0. The average molecular weight is 307 g/mol. The Labute approximate surface area is 136 Å². The molecule has 0 aliphatic heterocycles. The first-order valence-electron chi connectivity index (χ1n) is 8.51. The summed E-state index contributed by atoms with van der Waals surface area (Å²) in [4.78, 5) is 3.64. The van der Waals surface area contributed by atoms with E-state index in [9.17, 15) is 0 Å². The van der Waals surface area contributed by atoms with Gasteiger partial charge < -0.3 is 15.4 Å². The molecule has 4 N–H and O–H groups in total. The van der Waals surface area contributed by atoms with E-state index in [1.165, 1.54) is 46.1 Å². The van der Waals surface area contributed by atoms with Crippen molar-refractivity contribution < 1.29 is 10.4 Å². The Kier molecular flexibility index (Phi) is 3.90. The van der Waals surface area contributed by atoms with Crippen LogP contribution in [-0.2, 0) is 6.42 Å².